The van der Waals surface area contributed by atoms with Gasteiger partial charge >= 0.3 is 5.97 Å². The molecule has 0 aliphatic heterocycles. The van der Waals surface area contributed by atoms with E-state index < -0.39 is 11.5 Å². The molecule has 0 fully saturated rings. The molecule has 0 saturated heterocycles. The minimum Gasteiger partial charge on any atom is -0.493 e. The fraction of sp³-hybridized carbons (Fsp3) is 0.0909. The van der Waals surface area contributed by atoms with E-state index in [1.165, 1.54) is 19.3 Å². The Labute approximate surface area is 167 Å². The third-order valence-electron chi connectivity index (χ3n) is 4.17. The molecule has 6 heteroatoms. The largest absolute Gasteiger partial charge is 0.493 e. The van der Waals surface area contributed by atoms with E-state index >= 15 is 0 Å². The topological polar surface area (TPSA) is 79.5 Å². The Morgan fingerprint density at radius 1 is 1.21 bits per heavy atom. The normalized spacial score (nSPS) is 11.1. The van der Waals surface area contributed by atoms with Crippen LogP contribution in [0.2, 0.25) is 5.02 Å². The van der Waals surface area contributed by atoms with Crippen LogP contribution in [0.4, 0.5) is 0 Å². The van der Waals surface area contributed by atoms with Crippen LogP contribution in [0.25, 0.3) is 16.8 Å². The van der Waals surface area contributed by atoms with Crippen molar-refractivity contribution < 1.29 is 19.4 Å². The molecule has 140 valence electrons. The molecule has 3 aromatic carbocycles. The highest BCUT2D eigenvalue weighted by molar-refractivity contribution is 6.32. The van der Waals surface area contributed by atoms with E-state index in [-0.39, 0.29) is 11.6 Å². The van der Waals surface area contributed by atoms with Crippen LogP contribution in [0.5, 0.6) is 11.5 Å². The molecule has 0 unspecified atom stereocenters. The van der Waals surface area contributed by atoms with E-state index in [0.717, 1.165) is 16.3 Å². The number of hydrogen-bond acceptors (Lipinski definition) is 4. The second kappa shape index (κ2) is 8.47. The van der Waals surface area contributed by atoms with Crippen LogP contribution in [-0.2, 0) is 11.4 Å². The number of fused-ring (bicyclic) bond motifs is 1. The zero-order valence-corrected chi connectivity index (χ0v) is 15.7. The first-order valence-electron chi connectivity index (χ1n) is 8.35. The van der Waals surface area contributed by atoms with E-state index in [2.05, 4.69) is 0 Å². The number of nitrogens with zero attached hydrogens (tertiary/aromatic N) is 1. The van der Waals surface area contributed by atoms with Crippen LogP contribution in [0.3, 0.4) is 0 Å². The summed E-state index contributed by atoms with van der Waals surface area (Å²) in [5, 5.41) is 20.4. The summed E-state index contributed by atoms with van der Waals surface area (Å²) in [4.78, 5) is 11.0. The summed E-state index contributed by atoms with van der Waals surface area (Å²) < 4.78 is 11.3. The Kier molecular flexibility index (Phi) is 5.83. The van der Waals surface area contributed by atoms with Gasteiger partial charge in [-0.05, 0) is 40.1 Å². The third-order valence-corrected chi connectivity index (χ3v) is 4.45. The summed E-state index contributed by atoms with van der Waals surface area (Å²) in [6, 6.07) is 18.7. The predicted octanol–water partition coefficient (Wildman–Crippen LogP) is 5.07. The lowest BCUT2D eigenvalue weighted by Crippen LogP contribution is -2.00. The molecule has 0 aromatic heterocycles. The monoisotopic (exact) mass is 393 g/mol. The molecular weight excluding hydrogens is 378 g/mol. The van der Waals surface area contributed by atoms with Crippen molar-refractivity contribution in [2.24, 2.45) is 0 Å². The SMILES string of the molecule is COc1cc(C=C(C#N)C(=O)O)cc(Cl)c1OCc1cccc2ccccc12. The first kappa shape index (κ1) is 19.3. The van der Waals surface area contributed by atoms with Crippen molar-refractivity contribution in [3.8, 4) is 17.6 Å². The maximum atomic E-state index is 11.0. The fourth-order valence-electron chi connectivity index (χ4n) is 2.84. The molecule has 0 spiro atoms. The van der Waals surface area contributed by atoms with Crippen LogP contribution >= 0.6 is 11.6 Å². The minimum absolute atomic E-state index is 0.258. The molecule has 0 radical (unpaired) electrons. The van der Waals surface area contributed by atoms with Gasteiger partial charge in [-0.15, -0.1) is 0 Å². The third kappa shape index (κ3) is 4.08. The standard InChI is InChI=1S/C22H16ClNO4/c1-27-20-11-14(9-17(12-24)22(25)26)10-19(23)21(20)28-13-16-7-4-6-15-5-2-3-8-18(15)16/h2-11H,13H2,1H3,(H,25,26). The van der Waals surface area contributed by atoms with Gasteiger partial charge in [-0.1, -0.05) is 54.1 Å². The van der Waals surface area contributed by atoms with Gasteiger partial charge in [-0.3, -0.25) is 0 Å². The Bertz CT molecular complexity index is 1110. The average molecular weight is 394 g/mol. The van der Waals surface area contributed by atoms with Crippen molar-refractivity contribution in [2.45, 2.75) is 6.61 Å². The van der Waals surface area contributed by atoms with Crippen molar-refractivity contribution in [3.05, 3.63) is 76.3 Å². The van der Waals surface area contributed by atoms with Gasteiger partial charge in [0.25, 0.3) is 0 Å². The van der Waals surface area contributed by atoms with E-state index in [4.69, 9.17) is 31.4 Å². The highest BCUT2D eigenvalue weighted by atomic mass is 35.5. The highest BCUT2D eigenvalue weighted by Crippen LogP contribution is 2.38. The summed E-state index contributed by atoms with van der Waals surface area (Å²) in [5.74, 6) is -0.612. The van der Waals surface area contributed by atoms with E-state index in [1.54, 1.807) is 12.1 Å². The molecule has 0 saturated carbocycles. The summed E-state index contributed by atoms with van der Waals surface area (Å²) in [5.41, 5.74) is 1.03. The molecule has 3 aromatic rings. The van der Waals surface area contributed by atoms with E-state index in [9.17, 15) is 4.79 Å². The van der Waals surface area contributed by atoms with Gasteiger partial charge in [0.1, 0.15) is 18.2 Å². The highest BCUT2D eigenvalue weighted by Gasteiger charge is 2.14. The van der Waals surface area contributed by atoms with Gasteiger partial charge in [0.2, 0.25) is 0 Å². The molecule has 0 heterocycles. The van der Waals surface area contributed by atoms with Crippen molar-refractivity contribution >= 4 is 34.4 Å². The molecular formula is C22H16ClNO4. The van der Waals surface area contributed by atoms with Crippen LogP contribution in [-0.4, -0.2) is 18.2 Å². The number of benzene rings is 3. The summed E-state index contributed by atoms with van der Waals surface area (Å²) in [6.45, 7) is 0.283. The lowest BCUT2D eigenvalue weighted by molar-refractivity contribution is -0.132. The molecule has 0 aliphatic rings. The summed E-state index contributed by atoms with van der Waals surface area (Å²) in [7, 11) is 1.46. The van der Waals surface area contributed by atoms with Gasteiger partial charge in [-0.2, -0.15) is 5.26 Å². The number of carboxylic acids is 1. The number of rotatable bonds is 6. The van der Waals surface area contributed by atoms with Crippen LogP contribution in [0.15, 0.2) is 60.2 Å². The molecule has 0 bridgehead atoms. The summed E-state index contributed by atoms with van der Waals surface area (Å²) >= 11 is 6.34. The number of nitriles is 1. The quantitative estimate of drug-likeness (QED) is 0.467. The van der Waals surface area contributed by atoms with Crippen molar-refractivity contribution in [3.63, 3.8) is 0 Å². The summed E-state index contributed by atoms with van der Waals surface area (Å²) in [6.07, 6.45) is 1.23. The van der Waals surface area contributed by atoms with Crippen LogP contribution in [0.1, 0.15) is 11.1 Å². The molecule has 3 rings (SSSR count). The fourth-order valence-corrected chi connectivity index (χ4v) is 3.11. The van der Waals surface area contributed by atoms with Gasteiger partial charge in [0, 0.05) is 0 Å². The molecule has 0 atom stereocenters. The number of methoxy groups -OCH3 is 1. The van der Waals surface area contributed by atoms with Gasteiger partial charge in [0.15, 0.2) is 11.5 Å². The number of aliphatic carboxylic acids is 1. The number of carbonyl (C=O) groups is 1. The second-order valence-corrected chi connectivity index (χ2v) is 6.34. The zero-order valence-electron chi connectivity index (χ0n) is 15.0. The molecule has 28 heavy (non-hydrogen) atoms. The number of hydrogen-bond donors (Lipinski definition) is 1. The Balaban J connectivity index is 1.92. The lowest BCUT2D eigenvalue weighted by Gasteiger charge is -2.14. The zero-order chi connectivity index (χ0) is 20.1. The Morgan fingerprint density at radius 2 is 1.96 bits per heavy atom. The van der Waals surface area contributed by atoms with Crippen molar-refractivity contribution in [1.82, 2.24) is 0 Å². The number of carboxylic acid groups (broad SMARTS) is 1. The first-order valence-corrected chi connectivity index (χ1v) is 8.73. The average Bonchev–Trinajstić information content (AvgIpc) is 2.70. The van der Waals surface area contributed by atoms with E-state index in [0.29, 0.717) is 17.1 Å². The lowest BCUT2D eigenvalue weighted by atomic mass is 10.1. The van der Waals surface area contributed by atoms with Gasteiger partial charge < -0.3 is 14.6 Å². The van der Waals surface area contributed by atoms with Gasteiger partial charge in [-0.25, -0.2) is 4.79 Å². The number of halogens is 1. The predicted molar refractivity (Wildman–Crippen MR) is 108 cm³/mol. The van der Waals surface area contributed by atoms with Gasteiger partial charge in [0.05, 0.1) is 12.1 Å². The van der Waals surface area contributed by atoms with E-state index in [1.807, 2.05) is 42.5 Å². The smallest absolute Gasteiger partial charge is 0.346 e. The van der Waals surface area contributed by atoms with Crippen LogP contribution in [0, 0.1) is 11.3 Å². The first-order chi connectivity index (χ1) is 13.5. The molecule has 0 amide bonds. The van der Waals surface area contributed by atoms with Crippen LogP contribution < -0.4 is 9.47 Å². The second-order valence-electron chi connectivity index (χ2n) is 5.94. The van der Waals surface area contributed by atoms with Crippen molar-refractivity contribution in [1.29, 1.82) is 5.26 Å². The molecule has 5 nitrogen and oxygen atoms in total. The maximum absolute atomic E-state index is 11.0. The Morgan fingerprint density at radius 3 is 2.68 bits per heavy atom. The maximum Gasteiger partial charge on any atom is 0.346 e. The molecule has 0 aliphatic carbocycles. The van der Waals surface area contributed by atoms with Crippen molar-refractivity contribution in [2.75, 3.05) is 7.11 Å². The number of ether oxygens (including phenoxy) is 2. The molecule has 1 N–H and O–H groups in total. The Hall–Kier alpha value is -3.49. The minimum atomic E-state index is -1.31.